The van der Waals surface area contributed by atoms with Crippen LogP contribution in [0.3, 0.4) is 0 Å². The molecule has 0 spiro atoms. The molecular formula is C35H27F2N5O5. The van der Waals surface area contributed by atoms with E-state index in [0.717, 1.165) is 11.6 Å². The molecular weight excluding hydrogens is 608 g/mol. The molecule has 2 N–H and O–H groups in total. The average molecular weight is 636 g/mol. The van der Waals surface area contributed by atoms with Crippen molar-refractivity contribution in [2.75, 3.05) is 19.0 Å². The number of pyridine rings is 1. The van der Waals surface area contributed by atoms with E-state index in [9.17, 15) is 18.8 Å². The Morgan fingerprint density at radius 1 is 0.872 bits per heavy atom. The number of carbonyl (C=O) groups excluding carboxylic acids is 2. The molecule has 2 amide bonds. The van der Waals surface area contributed by atoms with Crippen molar-refractivity contribution in [1.29, 1.82) is 0 Å². The van der Waals surface area contributed by atoms with Crippen LogP contribution in [0.4, 0.5) is 14.5 Å². The molecule has 0 aliphatic heterocycles. The van der Waals surface area contributed by atoms with E-state index in [1.54, 1.807) is 48.9 Å². The minimum absolute atomic E-state index is 0.0411. The molecule has 3 aromatic heterocycles. The fourth-order valence-electron chi connectivity index (χ4n) is 5.09. The van der Waals surface area contributed by atoms with Gasteiger partial charge in [0.25, 0.3) is 17.4 Å². The largest absolute Gasteiger partial charge is 0.493 e. The molecule has 47 heavy (non-hydrogen) atoms. The van der Waals surface area contributed by atoms with Crippen LogP contribution < -0.4 is 25.7 Å². The summed E-state index contributed by atoms with van der Waals surface area (Å²) in [5.74, 6) is -2.11. The number of aromatic nitrogens is 3. The van der Waals surface area contributed by atoms with E-state index in [1.807, 2.05) is 12.1 Å². The maximum atomic E-state index is 15.5. The summed E-state index contributed by atoms with van der Waals surface area (Å²) in [5, 5.41) is 9.48. The maximum absolute atomic E-state index is 15.5. The highest BCUT2D eigenvalue weighted by molar-refractivity contribution is 6.06. The Bertz CT molecular complexity index is 2190. The predicted octanol–water partition coefficient (Wildman–Crippen LogP) is 6.23. The van der Waals surface area contributed by atoms with Crippen molar-refractivity contribution in [3.8, 4) is 34.1 Å². The molecule has 0 saturated heterocycles. The fourth-order valence-corrected chi connectivity index (χ4v) is 5.09. The first kappa shape index (κ1) is 30.7. The number of hydrogen-bond donors (Lipinski definition) is 2. The van der Waals surface area contributed by atoms with Crippen LogP contribution in [-0.4, -0.2) is 39.7 Å². The first-order valence-electron chi connectivity index (χ1n) is 14.5. The molecule has 0 aliphatic carbocycles. The van der Waals surface area contributed by atoms with Crippen LogP contribution >= 0.6 is 0 Å². The van der Waals surface area contributed by atoms with Crippen LogP contribution in [0.15, 0.2) is 108 Å². The summed E-state index contributed by atoms with van der Waals surface area (Å²) in [7, 11) is 1.55. The van der Waals surface area contributed by atoms with Crippen molar-refractivity contribution in [3.05, 3.63) is 137 Å². The summed E-state index contributed by atoms with van der Waals surface area (Å²) in [6.07, 6.45) is 4.66. The van der Waals surface area contributed by atoms with Crippen LogP contribution in [0.25, 0.3) is 22.3 Å². The van der Waals surface area contributed by atoms with Gasteiger partial charge in [-0.2, -0.15) is 5.10 Å². The van der Waals surface area contributed by atoms with Gasteiger partial charge in [0.2, 0.25) is 0 Å². The highest BCUT2D eigenvalue weighted by Crippen LogP contribution is 2.36. The monoisotopic (exact) mass is 635 g/mol. The molecule has 236 valence electrons. The van der Waals surface area contributed by atoms with Crippen LogP contribution in [0.2, 0.25) is 0 Å². The first-order valence-corrected chi connectivity index (χ1v) is 14.5. The molecule has 0 radical (unpaired) electrons. The molecule has 0 bridgehead atoms. The number of amides is 2. The lowest BCUT2D eigenvalue weighted by Crippen LogP contribution is -2.29. The summed E-state index contributed by atoms with van der Waals surface area (Å²) in [6, 6.07) is 21.0. The molecule has 0 unspecified atom stereocenters. The van der Waals surface area contributed by atoms with E-state index < -0.39 is 23.1 Å². The van der Waals surface area contributed by atoms with Gasteiger partial charge in [0, 0.05) is 54.1 Å². The molecule has 12 heteroatoms. The zero-order valence-corrected chi connectivity index (χ0v) is 25.2. The van der Waals surface area contributed by atoms with Gasteiger partial charge in [-0.1, -0.05) is 12.1 Å². The number of fused-ring (bicyclic) bond motifs is 1. The van der Waals surface area contributed by atoms with Crippen LogP contribution in [-0.2, 0) is 0 Å². The third-order valence-electron chi connectivity index (χ3n) is 7.28. The Morgan fingerprint density at radius 3 is 2.43 bits per heavy atom. The van der Waals surface area contributed by atoms with Crippen molar-refractivity contribution in [3.63, 3.8) is 0 Å². The molecule has 6 aromatic rings. The highest BCUT2D eigenvalue weighted by atomic mass is 19.1. The van der Waals surface area contributed by atoms with E-state index in [4.69, 9.17) is 9.47 Å². The Hall–Kier alpha value is -6.30. The number of nitrogens with zero attached hydrogens (tertiary/aromatic N) is 3. The molecule has 3 heterocycles. The lowest BCUT2D eigenvalue weighted by molar-refractivity contribution is 0.0962. The Labute approximate surface area is 266 Å². The first-order chi connectivity index (χ1) is 22.8. The number of rotatable bonds is 9. The van der Waals surface area contributed by atoms with E-state index >= 15 is 4.39 Å². The molecule has 3 aromatic carbocycles. The molecule has 6 rings (SSSR count). The Balaban J connectivity index is 1.28. The van der Waals surface area contributed by atoms with Crippen molar-refractivity contribution in [1.82, 2.24) is 19.5 Å². The van der Waals surface area contributed by atoms with Crippen LogP contribution in [0, 0.1) is 11.6 Å². The topological polar surface area (TPSA) is 116 Å². The van der Waals surface area contributed by atoms with Crippen LogP contribution in [0.1, 0.15) is 27.6 Å². The van der Waals surface area contributed by atoms with Gasteiger partial charge >= 0.3 is 0 Å². The highest BCUT2D eigenvalue weighted by Gasteiger charge is 2.21. The summed E-state index contributed by atoms with van der Waals surface area (Å²) >= 11 is 0. The molecule has 0 saturated carbocycles. The summed E-state index contributed by atoms with van der Waals surface area (Å²) < 4.78 is 43.2. The lowest BCUT2D eigenvalue weighted by Gasteiger charge is -2.14. The number of anilines is 1. The molecule has 0 fully saturated rings. The van der Waals surface area contributed by atoms with E-state index in [2.05, 4.69) is 15.7 Å². The molecule has 10 nitrogen and oxygen atoms in total. The molecule has 0 atom stereocenters. The third-order valence-corrected chi connectivity index (χ3v) is 7.28. The zero-order valence-electron chi connectivity index (χ0n) is 25.2. The van der Waals surface area contributed by atoms with Gasteiger partial charge < -0.3 is 20.1 Å². The van der Waals surface area contributed by atoms with Gasteiger partial charge in [0.05, 0.1) is 12.8 Å². The second-order valence-electron chi connectivity index (χ2n) is 10.2. The lowest BCUT2D eigenvalue weighted by atomic mass is 10.0. The summed E-state index contributed by atoms with van der Waals surface area (Å²) in [6.45, 7) is 1.89. The van der Waals surface area contributed by atoms with E-state index in [1.165, 1.54) is 59.4 Å². The standard InChI is InChI=1S/C35H27F2N5O5/c1-3-46-29-15-17-41(25-10-7-23(36)8-11-25)35(45)31(29)34(44)40-24-9-12-28(27(37)20-24)47-30-13-16-39-42-18-14-26(32(30)42)21-5-4-6-22(19-21)33(43)38-2/h4-20H,3H2,1-2H3,(H,38,43)(H,40,44). The minimum Gasteiger partial charge on any atom is -0.493 e. The SMILES string of the molecule is CCOc1ccn(-c2ccc(F)cc2)c(=O)c1C(=O)Nc1ccc(Oc2ccnn3ccc(-c4cccc(C(=O)NC)c4)c23)c(F)c1. The third kappa shape index (κ3) is 6.16. The van der Waals surface area contributed by atoms with Crippen molar-refractivity contribution in [2.24, 2.45) is 0 Å². The fraction of sp³-hybridized carbons (Fsp3) is 0.0857. The van der Waals surface area contributed by atoms with Crippen molar-refractivity contribution in [2.45, 2.75) is 6.92 Å². The van der Waals surface area contributed by atoms with Gasteiger partial charge in [-0.25, -0.2) is 13.3 Å². The second-order valence-corrected chi connectivity index (χ2v) is 10.2. The normalized spacial score (nSPS) is 10.9. The van der Waals surface area contributed by atoms with Gasteiger partial charge in [-0.15, -0.1) is 0 Å². The van der Waals surface area contributed by atoms with Gasteiger partial charge in [-0.05, 0) is 73.2 Å². The van der Waals surface area contributed by atoms with Gasteiger partial charge in [0.1, 0.15) is 22.6 Å². The average Bonchev–Trinajstić information content (AvgIpc) is 3.52. The van der Waals surface area contributed by atoms with Crippen molar-refractivity contribution >= 4 is 23.0 Å². The van der Waals surface area contributed by atoms with Gasteiger partial charge in [0.15, 0.2) is 17.3 Å². The zero-order chi connectivity index (χ0) is 33.1. The number of halogens is 2. The summed E-state index contributed by atoms with van der Waals surface area (Å²) in [4.78, 5) is 39.0. The molecule has 0 aliphatic rings. The second kappa shape index (κ2) is 13.0. The number of hydrogen-bond acceptors (Lipinski definition) is 6. The predicted molar refractivity (Wildman–Crippen MR) is 172 cm³/mol. The van der Waals surface area contributed by atoms with Crippen molar-refractivity contribution < 1.29 is 27.8 Å². The quantitative estimate of drug-likeness (QED) is 0.195. The Kier molecular flexibility index (Phi) is 8.48. The minimum atomic E-state index is -0.823. The number of carbonyl (C=O) groups is 2. The Morgan fingerprint density at radius 2 is 1.68 bits per heavy atom. The van der Waals surface area contributed by atoms with Crippen LogP contribution in [0.5, 0.6) is 17.2 Å². The number of ether oxygens (including phenoxy) is 2. The summed E-state index contributed by atoms with van der Waals surface area (Å²) in [5.41, 5.74) is 1.86. The maximum Gasteiger partial charge on any atom is 0.271 e. The van der Waals surface area contributed by atoms with E-state index in [0.29, 0.717) is 28.1 Å². The van der Waals surface area contributed by atoms with Gasteiger partial charge in [-0.3, -0.25) is 19.0 Å². The number of nitrogens with one attached hydrogen (secondary N) is 2. The smallest absolute Gasteiger partial charge is 0.271 e. The van der Waals surface area contributed by atoms with E-state index in [-0.39, 0.29) is 35.3 Å². The number of benzene rings is 3.